The van der Waals surface area contributed by atoms with Crippen molar-refractivity contribution in [2.45, 2.75) is 44.3 Å². The van der Waals surface area contributed by atoms with Gasteiger partial charge in [0.2, 0.25) is 0 Å². The van der Waals surface area contributed by atoms with Crippen LogP contribution in [-0.4, -0.2) is 30.1 Å². The number of hydrogen-bond acceptors (Lipinski definition) is 2. The van der Waals surface area contributed by atoms with Crippen molar-refractivity contribution in [1.29, 1.82) is 0 Å². The summed E-state index contributed by atoms with van der Waals surface area (Å²) in [7, 11) is 0. The molecule has 2 fully saturated rings. The highest BCUT2D eigenvalue weighted by Gasteiger charge is 2.31. The van der Waals surface area contributed by atoms with Gasteiger partial charge in [0, 0.05) is 36.2 Å². The van der Waals surface area contributed by atoms with Crippen LogP contribution in [0, 0.1) is 5.82 Å². The van der Waals surface area contributed by atoms with Gasteiger partial charge in [-0.05, 0) is 43.9 Å². The molecule has 1 aromatic carbocycles. The summed E-state index contributed by atoms with van der Waals surface area (Å²) in [6.45, 7) is 4.11. The summed E-state index contributed by atoms with van der Waals surface area (Å²) >= 11 is 12.0. The fourth-order valence-corrected chi connectivity index (χ4v) is 3.92. The summed E-state index contributed by atoms with van der Waals surface area (Å²) in [5, 5.41) is 4.29. The first-order valence-corrected chi connectivity index (χ1v) is 7.94. The van der Waals surface area contributed by atoms with Crippen LogP contribution in [0.15, 0.2) is 12.1 Å². The highest BCUT2D eigenvalue weighted by molar-refractivity contribution is 6.35. The molecular weight excluding hydrogens is 298 g/mol. The molecule has 2 saturated heterocycles. The topological polar surface area (TPSA) is 15.3 Å². The van der Waals surface area contributed by atoms with Gasteiger partial charge in [-0.15, -0.1) is 0 Å². The number of nitrogens with one attached hydrogen (secondary N) is 1. The molecule has 2 aliphatic rings. The van der Waals surface area contributed by atoms with Crippen LogP contribution in [0.25, 0.3) is 0 Å². The molecule has 1 N–H and O–H groups in total. The maximum Gasteiger partial charge on any atom is 0.142 e. The molecule has 2 bridgehead atoms. The first kappa shape index (κ1) is 14.6. The highest BCUT2D eigenvalue weighted by atomic mass is 35.5. The van der Waals surface area contributed by atoms with Crippen LogP contribution in [0.1, 0.15) is 37.8 Å². The van der Waals surface area contributed by atoms with Crippen LogP contribution in [-0.2, 0) is 0 Å². The van der Waals surface area contributed by atoms with E-state index in [0.29, 0.717) is 17.1 Å². The molecule has 3 rings (SSSR count). The third-order valence-corrected chi connectivity index (χ3v) is 5.21. The lowest BCUT2D eigenvalue weighted by molar-refractivity contribution is 0.199. The summed E-state index contributed by atoms with van der Waals surface area (Å²) < 4.78 is 13.7. The van der Waals surface area contributed by atoms with E-state index in [4.69, 9.17) is 23.2 Å². The van der Waals surface area contributed by atoms with Crippen LogP contribution in [0.2, 0.25) is 10.0 Å². The van der Waals surface area contributed by atoms with Gasteiger partial charge < -0.3 is 5.32 Å². The Morgan fingerprint density at radius 2 is 1.95 bits per heavy atom. The number of hydrogen-bond donors (Lipinski definition) is 1. The van der Waals surface area contributed by atoms with Gasteiger partial charge in [0.1, 0.15) is 5.82 Å². The Labute approximate surface area is 129 Å². The van der Waals surface area contributed by atoms with Gasteiger partial charge in [0.15, 0.2) is 0 Å². The molecule has 20 heavy (non-hydrogen) atoms. The second-order valence-corrected chi connectivity index (χ2v) is 6.70. The maximum absolute atomic E-state index is 13.7. The third kappa shape index (κ3) is 2.82. The number of benzene rings is 1. The van der Waals surface area contributed by atoms with Gasteiger partial charge in [0.25, 0.3) is 0 Å². The largest absolute Gasteiger partial charge is 0.310 e. The van der Waals surface area contributed by atoms with Gasteiger partial charge in [-0.2, -0.15) is 0 Å². The molecular formula is C15H19Cl2FN2. The Kier molecular flexibility index (Phi) is 4.23. The van der Waals surface area contributed by atoms with Crippen molar-refractivity contribution in [1.82, 2.24) is 10.2 Å². The van der Waals surface area contributed by atoms with Crippen molar-refractivity contribution in [3.8, 4) is 0 Å². The van der Waals surface area contributed by atoms with E-state index < -0.39 is 5.82 Å². The van der Waals surface area contributed by atoms with E-state index >= 15 is 0 Å². The van der Waals surface area contributed by atoms with E-state index in [1.54, 1.807) is 0 Å². The van der Waals surface area contributed by atoms with E-state index in [1.807, 2.05) is 0 Å². The second-order valence-electron chi connectivity index (χ2n) is 5.89. The predicted molar refractivity (Wildman–Crippen MR) is 81.0 cm³/mol. The van der Waals surface area contributed by atoms with Gasteiger partial charge in [0.05, 0.1) is 5.02 Å². The average Bonchev–Trinajstić information content (AvgIpc) is 2.73. The number of fused-ring (bicyclic) bond motifs is 2. The monoisotopic (exact) mass is 316 g/mol. The zero-order chi connectivity index (χ0) is 14.3. The second kappa shape index (κ2) is 5.80. The lowest BCUT2D eigenvalue weighted by atomic mass is 10.0. The summed E-state index contributed by atoms with van der Waals surface area (Å²) in [4.78, 5) is 2.39. The quantitative estimate of drug-likeness (QED) is 0.829. The molecule has 2 aliphatic heterocycles. The molecule has 0 saturated carbocycles. The van der Waals surface area contributed by atoms with Gasteiger partial charge in [-0.1, -0.05) is 23.2 Å². The summed E-state index contributed by atoms with van der Waals surface area (Å²) in [5.74, 6) is -0.396. The summed E-state index contributed by atoms with van der Waals surface area (Å²) in [6, 6.07) is 4.30. The van der Waals surface area contributed by atoms with Crippen molar-refractivity contribution in [3.63, 3.8) is 0 Å². The zero-order valence-electron chi connectivity index (χ0n) is 11.5. The molecule has 2 heterocycles. The lowest BCUT2D eigenvalue weighted by Gasteiger charge is -2.31. The Bertz CT molecular complexity index is 509. The van der Waals surface area contributed by atoms with Crippen LogP contribution in [0.5, 0.6) is 0 Å². The van der Waals surface area contributed by atoms with E-state index in [-0.39, 0.29) is 11.1 Å². The minimum absolute atomic E-state index is 0.0857. The molecule has 3 unspecified atom stereocenters. The first-order chi connectivity index (χ1) is 9.54. The summed E-state index contributed by atoms with van der Waals surface area (Å²) in [6.07, 6.45) is 3.66. The molecule has 0 aliphatic carbocycles. The van der Waals surface area contributed by atoms with Crippen molar-refractivity contribution >= 4 is 23.2 Å². The van der Waals surface area contributed by atoms with E-state index in [0.717, 1.165) is 25.1 Å². The molecule has 0 spiro atoms. The smallest absolute Gasteiger partial charge is 0.142 e. The Balaban J connectivity index is 1.81. The van der Waals surface area contributed by atoms with Gasteiger partial charge in [-0.3, -0.25) is 4.90 Å². The number of rotatable bonds is 2. The normalized spacial score (nSPS) is 28.4. The lowest BCUT2D eigenvalue weighted by Crippen LogP contribution is -2.36. The molecule has 0 radical (unpaired) electrons. The van der Waals surface area contributed by atoms with Crippen LogP contribution < -0.4 is 5.32 Å². The van der Waals surface area contributed by atoms with Crippen LogP contribution in [0.3, 0.4) is 0 Å². The minimum atomic E-state index is -0.396. The summed E-state index contributed by atoms with van der Waals surface area (Å²) in [5.41, 5.74) is 0.825. The minimum Gasteiger partial charge on any atom is -0.310 e. The predicted octanol–water partition coefficient (Wildman–Crippen LogP) is 4.02. The van der Waals surface area contributed by atoms with E-state index in [1.165, 1.54) is 25.0 Å². The first-order valence-electron chi connectivity index (χ1n) is 7.19. The number of nitrogens with zero attached hydrogens (tertiary/aromatic N) is 1. The SMILES string of the molecule is CC(c1cc(F)c(Cl)cc1Cl)N1CCC2CCC(C1)N2. The average molecular weight is 317 g/mol. The van der Waals surface area contributed by atoms with E-state index in [2.05, 4.69) is 17.1 Å². The molecule has 0 aromatic heterocycles. The highest BCUT2D eigenvalue weighted by Crippen LogP contribution is 2.33. The molecule has 0 amide bonds. The van der Waals surface area contributed by atoms with Crippen molar-refractivity contribution in [2.75, 3.05) is 13.1 Å². The van der Waals surface area contributed by atoms with Gasteiger partial charge in [-0.25, -0.2) is 4.39 Å². The van der Waals surface area contributed by atoms with Crippen LogP contribution >= 0.6 is 23.2 Å². The maximum atomic E-state index is 13.7. The Morgan fingerprint density at radius 3 is 2.75 bits per heavy atom. The Morgan fingerprint density at radius 1 is 1.20 bits per heavy atom. The van der Waals surface area contributed by atoms with Crippen molar-refractivity contribution in [3.05, 3.63) is 33.6 Å². The van der Waals surface area contributed by atoms with E-state index in [9.17, 15) is 4.39 Å². The van der Waals surface area contributed by atoms with Gasteiger partial charge >= 0.3 is 0 Å². The van der Waals surface area contributed by atoms with Crippen molar-refractivity contribution in [2.24, 2.45) is 0 Å². The number of likely N-dealkylation sites (tertiary alicyclic amines) is 1. The standard InChI is InChI=1S/C15H19Cl2FN2/c1-9(12-6-15(18)14(17)7-13(12)16)20-5-4-10-2-3-11(8-20)19-10/h6-7,9-11,19H,2-5,8H2,1H3. The fraction of sp³-hybridized carbons (Fsp3) is 0.600. The zero-order valence-corrected chi connectivity index (χ0v) is 13.0. The molecule has 2 nitrogen and oxygen atoms in total. The molecule has 5 heteroatoms. The fourth-order valence-electron chi connectivity index (χ4n) is 3.38. The molecule has 3 atom stereocenters. The molecule has 1 aromatic rings. The van der Waals surface area contributed by atoms with Crippen molar-refractivity contribution < 1.29 is 4.39 Å². The molecule has 110 valence electrons. The third-order valence-electron chi connectivity index (χ3n) is 4.59. The Hall–Kier alpha value is -0.350. The van der Waals surface area contributed by atoms with Crippen LogP contribution in [0.4, 0.5) is 4.39 Å². The number of halogens is 3.